The molecule has 10 heavy (non-hydrogen) atoms. The minimum absolute atomic E-state index is 0.855. The van der Waals surface area contributed by atoms with Gasteiger partial charge in [-0.25, -0.2) is 0 Å². The van der Waals surface area contributed by atoms with Crippen LogP contribution in [0, 0.1) is 0 Å². The molecular formula is C7H15N3. The summed E-state index contributed by atoms with van der Waals surface area (Å²) in [6, 6.07) is 0. The molecule has 0 spiro atoms. The van der Waals surface area contributed by atoms with Crippen LogP contribution in [0.4, 0.5) is 0 Å². The van der Waals surface area contributed by atoms with E-state index in [1.807, 2.05) is 32.1 Å². The van der Waals surface area contributed by atoms with Crippen LogP contribution in [0.2, 0.25) is 0 Å². The molecule has 0 saturated heterocycles. The van der Waals surface area contributed by atoms with Gasteiger partial charge in [0, 0.05) is 32.2 Å². The predicted octanol–water partition coefficient (Wildman–Crippen LogP) is 1.00. The molecule has 0 fully saturated rings. The lowest BCUT2D eigenvalue weighted by Crippen LogP contribution is -2.15. The minimum Gasteiger partial charge on any atom is -0.393 e. The number of hydrazone groups is 1. The summed E-state index contributed by atoms with van der Waals surface area (Å²) >= 11 is 0. The van der Waals surface area contributed by atoms with Crippen LogP contribution in [-0.4, -0.2) is 25.3 Å². The average Bonchev–Trinajstić information content (AvgIpc) is 1.91. The summed E-state index contributed by atoms with van der Waals surface area (Å²) in [6.45, 7) is 8.31. The summed E-state index contributed by atoms with van der Waals surface area (Å²) in [5, 5.41) is 8.54. The Labute approximate surface area is 62.4 Å². The van der Waals surface area contributed by atoms with E-state index in [1.54, 1.807) is 0 Å². The zero-order chi connectivity index (χ0) is 7.98. The second-order valence-corrected chi connectivity index (χ2v) is 1.93. The fourth-order valence-electron chi connectivity index (χ4n) is 0.744. The highest BCUT2D eigenvalue weighted by Gasteiger charge is 1.95. The van der Waals surface area contributed by atoms with Crippen molar-refractivity contribution >= 4 is 6.72 Å². The van der Waals surface area contributed by atoms with Crippen molar-refractivity contribution in [3.05, 3.63) is 11.9 Å². The molecule has 0 aliphatic heterocycles. The van der Waals surface area contributed by atoms with Gasteiger partial charge in [0.2, 0.25) is 0 Å². The fourth-order valence-corrected chi connectivity index (χ4v) is 0.744. The van der Waals surface area contributed by atoms with E-state index in [9.17, 15) is 0 Å². The quantitative estimate of drug-likeness (QED) is 0.467. The van der Waals surface area contributed by atoms with Gasteiger partial charge in [-0.3, -0.25) is 5.01 Å². The first-order chi connectivity index (χ1) is 4.76. The predicted molar refractivity (Wildman–Crippen MR) is 44.7 cm³/mol. The summed E-state index contributed by atoms with van der Waals surface area (Å²) in [4.78, 5) is 0. The second-order valence-electron chi connectivity index (χ2n) is 1.93. The average molecular weight is 141 g/mol. The number of allylic oxidation sites excluding steroid dienone is 1. The first kappa shape index (κ1) is 9.01. The van der Waals surface area contributed by atoms with Gasteiger partial charge in [-0.05, 0) is 13.8 Å². The van der Waals surface area contributed by atoms with E-state index in [1.165, 1.54) is 0 Å². The molecule has 0 unspecified atom stereocenters. The Hall–Kier alpha value is -0.990. The molecule has 58 valence electrons. The van der Waals surface area contributed by atoms with Crippen molar-refractivity contribution in [1.82, 2.24) is 10.3 Å². The Morgan fingerprint density at radius 3 is 2.70 bits per heavy atom. The third-order valence-corrected chi connectivity index (χ3v) is 1.23. The smallest absolute Gasteiger partial charge is 0.0492 e. The molecule has 0 heterocycles. The molecule has 0 amide bonds. The van der Waals surface area contributed by atoms with Crippen molar-refractivity contribution < 1.29 is 0 Å². The molecule has 0 bridgehead atoms. The van der Waals surface area contributed by atoms with E-state index in [-0.39, 0.29) is 0 Å². The van der Waals surface area contributed by atoms with E-state index < -0.39 is 0 Å². The van der Waals surface area contributed by atoms with Crippen LogP contribution in [-0.2, 0) is 0 Å². The Bertz CT molecular complexity index is 129. The molecule has 1 N–H and O–H groups in total. The largest absolute Gasteiger partial charge is 0.393 e. The fraction of sp³-hybridized carbons (Fsp3) is 0.571. The standard InChI is InChI=1S/C7H15N3/c1-5-10(9-4)7(2)6-8-3/h6,8H,4-5H2,1-3H3/b7-6+. The van der Waals surface area contributed by atoms with Crippen LogP contribution in [0.25, 0.3) is 0 Å². The van der Waals surface area contributed by atoms with Crippen LogP contribution in [0.15, 0.2) is 17.0 Å². The Morgan fingerprint density at radius 2 is 2.40 bits per heavy atom. The summed E-state index contributed by atoms with van der Waals surface area (Å²) < 4.78 is 0. The second kappa shape index (κ2) is 4.85. The number of nitrogens with one attached hydrogen (secondary N) is 1. The summed E-state index contributed by atoms with van der Waals surface area (Å²) in [5.41, 5.74) is 1.07. The molecule has 0 radical (unpaired) electrons. The SMILES string of the molecule is C=NN(CC)/C(C)=C/NC. The monoisotopic (exact) mass is 141 g/mol. The maximum Gasteiger partial charge on any atom is 0.0492 e. The third-order valence-electron chi connectivity index (χ3n) is 1.23. The van der Waals surface area contributed by atoms with E-state index in [2.05, 4.69) is 17.1 Å². The summed E-state index contributed by atoms with van der Waals surface area (Å²) in [7, 11) is 1.86. The Balaban J connectivity index is 4.00. The van der Waals surface area contributed by atoms with Gasteiger partial charge in [-0.2, -0.15) is 5.10 Å². The molecule has 0 atom stereocenters. The molecular weight excluding hydrogens is 126 g/mol. The van der Waals surface area contributed by atoms with Gasteiger partial charge < -0.3 is 5.32 Å². The Kier molecular flexibility index (Phi) is 4.37. The summed E-state index contributed by atoms with van der Waals surface area (Å²) in [6.07, 6.45) is 1.89. The number of hydrogen-bond acceptors (Lipinski definition) is 3. The van der Waals surface area contributed by atoms with Crippen molar-refractivity contribution in [3.8, 4) is 0 Å². The molecule has 0 saturated carbocycles. The molecule has 0 aliphatic carbocycles. The molecule has 3 nitrogen and oxygen atoms in total. The highest BCUT2D eigenvalue weighted by molar-refractivity contribution is 5.23. The van der Waals surface area contributed by atoms with E-state index in [0.717, 1.165) is 12.2 Å². The zero-order valence-corrected chi connectivity index (χ0v) is 6.89. The highest BCUT2D eigenvalue weighted by Crippen LogP contribution is 1.99. The lowest BCUT2D eigenvalue weighted by molar-refractivity contribution is 0.387. The maximum atomic E-state index is 3.80. The van der Waals surface area contributed by atoms with Crippen LogP contribution in [0.3, 0.4) is 0 Å². The van der Waals surface area contributed by atoms with Gasteiger partial charge in [-0.15, -0.1) is 0 Å². The maximum absolute atomic E-state index is 3.80. The van der Waals surface area contributed by atoms with Gasteiger partial charge >= 0.3 is 0 Å². The van der Waals surface area contributed by atoms with Crippen LogP contribution in [0.5, 0.6) is 0 Å². The molecule has 0 aromatic rings. The number of hydrogen-bond donors (Lipinski definition) is 1. The number of nitrogens with zero attached hydrogens (tertiary/aromatic N) is 2. The molecule has 0 aromatic heterocycles. The highest BCUT2D eigenvalue weighted by atomic mass is 15.4. The molecule has 0 rings (SSSR count). The molecule has 0 aromatic carbocycles. The van der Waals surface area contributed by atoms with Gasteiger partial charge in [0.05, 0.1) is 0 Å². The van der Waals surface area contributed by atoms with Gasteiger partial charge in [0.15, 0.2) is 0 Å². The molecule has 0 aliphatic rings. The first-order valence-corrected chi connectivity index (χ1v) is 3.34. The Morgan fingerprint density at radius 1 is 1.80 bits per heavy atom. The minimum atomic E-state index is 0.855. The first-order valence-electron chi connectivity index (χ1n) is 3.34. The summed E-state index contributed by atoms with van der Waals surface area (Å²) in [5.74, 6) is 0. The van der Waals surface area contributed by atoms with Crippen molar-refractivity contribution in [2.75, 3.05) is 13.6 Å². The molecule has 3 heteroatoms. The van der Waals surface area contributed by atoms with E-state index in [0.29, 0.717) is 0 Å². The van der Waals surface area contributed by atoms with E-state index >= 15 is 0 Å². The van der Waals surface area contributed by atoms with Crippen LogP contribution < -0.4 is 5.32 Å². The van der Waals surface area contributed by atoms with Crippen molar-refractivity contribution in [3.63, 3.8) is 0 Å². The van der Waals surface area contributed by atoms with Gasteiger partial charge in [0.1, 0.15) is 0 Å². The van der Waals surface area contributed by atoms with Crippen LogP contribution in [0.1, 0.15) is 13.8 Å². The van der Waals surface area contributed by atoms with Crippen LogP contribution >= 0.6 is 0 Å². The van der Waals surface area contributed by atoms with Crippen molar-refractivity contribution in [2.45, 2.75) is 13.8 Å². The van der Waals surface area contributed by atoms with E-state index in [4.69, 9.17) is 0 Å². The van der Waals surface area contributed by atoms with Gasteiger partial charge in [0.25, 0.3) is 0 Å². The van der Waals surface area contributed by atoms with Crippen molar-refractivity contribution in [1.29, 1.82) is 0 Å². The normalized spacial score (nSPS) is 10.9. The zero-order valence-electron chi connectivity index (χ0n) is 6.89. The van der Waals surface area contributed by atoms with Crippen molar-refractivity contribution in [2.24, 2.45) is 5.10 Å². The lowest BCUT2D eigenvalue weighted by Gasteiger charge is -2.15. The van der Waals surface area contributed by atoms with Gasteiger partial charge in [-0.1, -0.05) is 0 Å². The lowest BCUT2D eigenvalue weighted by atomic mass is 10.5. The topological polar surface area (TPSA) is 27.6 Å². The third kappa shape index (κ3) is 2.53. The number of rotatable bonds is 4.